The van der Waals surface area contributed by atoms with E-state index in [1.165, 1.54) is 0 Å². The Morgan fingerprint density at radius 2 is 2.22 bits per heavy atom. The molecule has 0 aliphatic rings. The predicted molar refractivity (Wildman–Crippen MR) is 70.3 cm³/mol. The van der Waals surface area contributed by atoms with Gasteiger partial charge in [0.2, 0.25) is 0 Å². The van der Waals surface area contributed by atoms with Crippen LogP contribution in [0.1, 0.15) is 43.4 Å². The summed E-state index contributed by atoms with van der Waals surface area (Å²) in [5, 5.41) is 3.78. The summed E-state index contributed by atoms with van der Waals surface area (Å²) in [6.07, 6.45) is 0.906. The second-order valence-electron chi connectivity index (χ2n) is 5.42. The Morgan fingerprint density at radius 3 is 2.67 bits per heavy atom. The number of aromatic nitrogens is 1. The molecule has 1 rings (SSSR count). The third-order valence-electron chi connectivity index (χ3n) is 2.80. The highest BCUT2D eigenvalue weighted by Gasteiger charge is 2.25. The van der Waals surface area contributed by atoms with Crippen LogP contribution in [0.2, 0.25) is 0 Å². The number of carbonyl (C=O) groups is 1. The number of aryl methyl sites for hydroxylation is 1. The molecule has 0 saturated heterocycles. The lowest BCUT2D eigenvalue weighted by molar-refractivity contribution is 0.0679. The third kappa shape index (κ3) is 3.84. The van der Waals surface area contributed by atoms with Crippen molar-refractivity contribution in [2.45, 2.75) is 34.1 Å². The molecule has 0 radical (unpaired) electrons. The van der Waals surface area contributed by atoms with Gasteiger partial charge in [-0.2, -0.15) is 0 Å². The van der Waals surface area contributed by atoms with Crippen LogP contribution in [0.15, 0.2) is 10.6 Å². The highest BCUT2D eigenvalue weighted by molar-refractivity contribution is 5.92. The van der Waals surface area contributed by atoms with E-state index in [1.807, 2.05) is 6.92 Å². The van der Waals surface area contributed by atoms with E-state index in [9.17, 15) is 4.79 Å². The summed E-state index contributed by atoms with van der Waals surface area (Å²) in [6.45, 7) is 9.80. The second-order valence-corrected chi connectivity index (χ2v) is 5.42. The average Bonchev–Trinajstić information content (AvgIpc) is 2.74. The van der Waals surface area contributed by atoms with Crippen molar-refractivity contribution in [2.75, 3.05) is 19.6 Å². The van der Waals surface area contributed by atoms with Crippen LogP contribution in [0.3, 0.4) is 0 Å². The quantitative estimate of drug-likeness (QED) is 0.839. The molecular weight excluding hydrogens is 230 g/mol. The van der Waals surface area contributed by atoms with E-state index in [4.69, 9.17) is 10.3 Å². The van der Waals surface area contributed by atoms with Crippen LogP contribution < -0.4 is 5.73 Å². The molecule has 1 heterocycles. The first kappa shape index (κ1) is 14.7. The molecule has 0 saturated carbocycles. The highest BCUT2D eigenvalue weighted by atomic mass is 16.5. The summed E-state index contributed by atoms with van der Waals surface area (Å²) in [7, 11) is 0. The van der Waals surface area contributed by atoms with Gasteiger partial charge in [-0.15, -0.1) is 0 Å². The van der Waals surface area contributed by atoms with E-state index in [2.05, 4.69) is 19.0 Å². The minimum atomic E-state index is -0.0936. The van der Waals surface area contributed by atoms with Gasteiger partial charge in [0.05, 0.1) is 0 Å². The molecule has 0 fully saturated rings. The first-order valence-corrected chi connectivity index (χ1v) is 6.32. The maximum Gasteiger partial charge on any atom is 0.276 e. The van der Waals surface area contributed by atoms with Crippen LogP contribution >= 0.6 is 0 Å². The van der Waals surface area contributed by atoms with E-state index >= 15 is 0 Å². The lowest BCUT2D eigenvalue weighted by Gasteiger charge is -2.31. The molecule has 1 aromatic heterocycles. The van der Waals surface area contributed by atoms with Crippen LogP contribution in [0, 0.1) is 12.3 Å². The van der Waals surface area contributed by atoms with Gasteiger partial charge in [0.15, 0.2) is 5.69 Å². The van der Waals surface area contributed by atoms with Crippen molar-refractivity contribution < 1.29 is 9.32 Å². The summed E-state index contributed by atoms with van der Waals surface area (Å²) in [4.78, 5) is 14.1. The number of nitrogens with two attached hydrogens (primary N) is 1. The van der Waals surface area contributed by atoms with Gasteiger partial charge in [-0.05, 0) is 25.3 Å². The van der Waals surface area contributed by atoms with Crippen LogP contribution in [0.4, 0.5) is 0 Å². The highest BCUT2D eigenvalue weighted by Crippen LogP contribution is 2.17. The molecule has 1 aromatic rings. The lowest BCUT2D eigenvalue weighted by Crippen LogP contribution is -2.42. The molecule has 0 aliphatic heterocycles. The number of hydrogen-bond acceptors (Lipinski definition) is 4. The zero-order chi connectivity index (χ0) is 13.8. The van der Waals surface area contributed by atoms with Crippen molar-refractivity contribution in [3.8, 4) is 0 Å². The van der Waals surface area contributed by atoms with E-state index in [0.717, 1.165) is 6.42 Å². The smallest absolute Gasteiger partial charge is 0.276 e. The Morgan fingerprint density at radius 1 is 1.56 bits per heavy atom. The summed E-state index contributed by atoms with van der Waals surface area (Å²) >= 11 is 0. The van der Waals surface area contributed by atoms with E-state index < -0.39 is 0 Å². The van der Waals surface area contributed by atoms with Gasteiger partial charge < -0.3 is 15.2 Å². The summed E-state index contributed by atoms with van der Waals surface area (Å²) in [6, 6.07) is 1.67. The normalized spacial score (nSPS) is 11.6. The second kappa shape index (κ2) is 6.00. The lowest BCUT2D eigenvalue weighted by atomic mass is 9.93. The van der Waals surface area contributed by atoms with E-state index in [1.54, 1.807) is 17.9 Å². The number of hydrogen-bond donors (Lipinski definition) is 1. The average molecular weight is 253 g/mol. The molecule has 18 heavy (non-hydrogen) atoms. The maximum atomic E-state index is 12.3. The van der Waals surface area contributed by atoms with Crippen LogP contribution in [-0.4, -0.2) is 35.6 Å². The topological polar surface area (TPSA) is 72.4 Å². The fourth-order valence-electron chi connectivity index (χ4n) is 1.73. The molecule has 0 unspecified atom stereocenters. The zero-order valence-electron chi connectivity index (χ0n) is 11.7. The van der Waals surface area contributed by atoms with E-state index in [-0.39, 0.29) is 11.3 Å². The van der Waals surface area contributed by atoms with Crippen molar-refractivity contribution in [1.82, 2.24) is 10.1 Å². The maximum absolute atomic E-state index is 12.3. The van der Waals surface area contributed by atoms with Crippen molar-refractivity contribution in [3.63, 3.8) is 0 Å². The Bertz CT molecular complexity index is 399. The Kier molecular flexibility index (Phi) is 4.90. The van der Waals surface area contributed by atoms with Crippen molar-refractivity contribution in [1.29, 1.82) is 0 Å². The van der Waals surface area contributed by atoms with Gasteiger partial charge in [0.25, 0.3) is 5.91 Å². The molecule has 5 nitrogen and oxygen atoms in total. The molecule has 1 amide bonds. The SMILES string of the molecule is CCCN(CC(C)(C)CN)C(=O)c1cc(C)on1. The first-order valence-electron chi connectivity index (χ1n) is 6.32. The molecule has 2 N–H and O–H groups in total. The molecule has 0 atom stereocenters. The van der Waals surface area contributed by atoms with Gasteiger partial charge in [-0.1, -0.05) is 25.9 Å². The molecule has 0 bridgehead atoms. The first-order chi connectivity index (χ1) is 8.39. The molecule has 5 heteroatoms. The fraction of sp³-hybridized carbons (Fsp3) is 0.692. The zero-order valence-corrected chi connectivity index (χ0v) is 11.7. The fourth-order valence-corrected chi connectivity index (χ4v) is 1.73. The van der Waals surface area contributed by atoms with Crippen molar-refractivity contribution >= 4 is 5.91 Å². The Labute approximate surface area is 108 Å². The minimum absolute atomic E-state index is 0.0878. The molecule has 102 valence electrons. The number of rotatable bonds is 6. The molecule has 0 spiro atoms. The minimum Gasteiger partial charge on any atom is -0.361 e. The van der Waals surface area contributed by atoms with Gasteiger partial charge in [0, 0.05) is 19.2 Å². The van der Waals surface area contributed by atoms with Crippen LogP contribution in [-0.2, 0) is 0 Å². The monoisotopic (exact) mass is 253 g/mol. The molecule has 0 aliphatic carbocycles. The molecule has 0 aromatic carbocycles. The summed E-state index contributed by atoms with van der Waals surface area (Å²) < 4.78 is 4.95. The Balaban J connectivity index is 2.81. The van der Waals surface area contributed by atoms with Gasteiger partial charge in [-0.3, -0.25) is 4.79 Å². The van der Waals surface area contributed by atoms with Crippen molar-refractivity contribution in [2.24, 2.45) is 11.1 Å². The molecular formula is C13H23N3O2. The standard InChI is InChI=1S/C13H23N3O2/c1-5-6-16(9-13(3,4)8-14)12(17)11-7-10(2)18-15-11/h7H,5-6,8-9,14H2,1-4H3. The number of nitrogens with zero attached hydrogens (tertiary/aromatic N) is 2. The van der Waals surface area contributed by atoms with Crippen LogP contribution in [0.5, 0.6) is 0 Å². The van der Waals surface area contributed by atoms with Crippen LogP contribution in [0.25, 0.3) is 0 Å². The largest absolute Gasteiger partial charge is 0.361 e. The number of carbonyl (C=O) groups excluding carboxylic acids is 1. The van der Waals surface area contributed by atoms with E-state index in [0.29, 0.717) is 31.1 Å². The van der Waals surface area contributed by atoms with Crippen molar-refractivity contribution in [3.05, 3.63) is 17.5 Å². The Hall–Kier alpha value is -1.36. The third-order valence-corrected chi connectivity index (χ3v) is 2.80. The van der Waals surface area contributed by atoms with Gasteiger partial charge in [0.1, 0.15) is 5.76 Å². The summed E-state index contributed by atoms with van der Waals surface area (Å²) in [5.41, 5.74) is 6.00. The van der Waals surface area contributed by atoms with Gasteiger partial charge in [-0.25, -0.2) is 0 Å². The summed E-state index contributed by atoms with van der Waals surface area (Å²) in [5.74, 6) is 0.558. The number of amides is 1. The predicted octanol–water partition coefficient (Wildman–Crippen LogP) is 1.82. The van der Waals surface area contributed by atoms with Gasteiger partial charge >= 0.3 is 0 Å².